The number of nitrogens with one attached hydrogen (secondary N) is 1. The van der Waals surface area contributed by atoms with Crippen LogP contribution in [0.3, 0.4) is 0 Å². The summed E-state index contributed by atoms with van der Waals surface area (Å²) in [5.74, 6) is 0.695. The number of anilines is 1. The number of nitrogens with two attached hydrogens (primary N) is 1. The molecule has 1 unspecified atom stereocenters. The van der Waals surface area contributed by atoms with Crippen molar-refractivity contribution in [2.75, 3.05) is 10.8 Å². The van der Waals surface area contributed by atoms with Gasteiger partial charge in [0.1, 0.15) is 23.0 Å². The summed E-state index contributed by atoms with van der Waals surface area (Å²) in [7, 11) is 0. The molecular formula is C24H28FN3O3S. The van der Waals surface area contributed by atoms with E-state index in [2.05, 4.69) is 13.8 Å². The summed E-state index contributed by atoms with van der Waals surface area (Å²) in [6.07, 6.45) is 3.77. The Kier molecular flexibility index (Phi) is 6.35. The van der Waals surface area contributed by atoms with E-state index >= 15 is 0 Å². The largest absolute Gasteiger partial charge is 0.455 e. The Morgan fingerprint density at radius 3 is 2.56 bits per heavy atom. The molecule has 32 heavy (non-hydrogen) atoms. The standard InChI is InChI=1S/C24H28FN3O3S/c1-14(2)4-3-11-28(32(29)30)20-13-21-19(12-18(20)15-5-6-15)22(24(26)27)23(31-21)16-7-9-17(25)10-8-16/h7-10,12-15H,3-6,11H2,1-2H3,(H3,26,27)(H,29,30). The molecule has 0 amide bonds. The van der Waals surface area contributed by atoms with Gasteiger partial charge < -0.3 is 10.2 Å². The molecule has 6 nitrogen and oxygen atoms in total. The first-order chi connectivity index (χ1) is 15.3. The number of hydrogen-bond acceptors (Lipinski definition) is 3. The third-order valence-corrected chi connectivity index (χ3v) is 6.59. The summed E-state index contributed by atoms with van der Waals surface area (Å²) < 4.78 is 43.4. The van der Waals surface area contributed by atoms with Gasteiger partial charge in [-0.2, -0.15) is 0 Å². The van der Waals surface area contributed by atoms with Crippen LogP contribution in [0.2, 0.25) is 0 Å². The van der Waals surface area contributed by atoms with Gasteiger partial charge in [0.05, 0.1) is 11.3 Å². The molecule has 1 saturated carbocycles. The first-order valence-corrected chi connectivity index (χ1v) is 11.9. The first kappa shape index (κ1) is 22.5. The van der Waals surface area contributed by atoms with E-state index in [9.17, 15) is 13.2 Å². The van der Waals surface area contributed by atoms with Crippen LogP contribution in [-0.4, -0.2) is 21.1 Å². The van der Waals surface area contributed by atoms with Crippen molar-refractivity contribution in [3.63, 3.8) is 0 Å². The minimum atomic E-state index is -2.17. The smallest absolute Gasteiger partial charge is 0.261 e. The lowest BCUT2D eigenvalue weighted by Crippen LogP contribution is -2.27. The molecular weight excluding hydrogens is 429 g/mol. The van der Waals surface area contributed by atoms with Crippen molar-refractivity contribution in [1.82, 2.24) is 0 Å². The molecule has 0 spiro atoms. The molecule has 1 heterocycles. The zero-order chi connectivity index (χ0) is 23.0. The molecule has 8 heteroatoms. The normalized spacial score (nSPS) is 14.8. The van der Waals surface area contributed by atoms with Crippen LogP contribution in [-0.2, 0) is 11.3 Å². The number of halogens is 1. The van der Waals surface area contributed by atoms with Crippen molar-refractivity contribution in [2.45, 2.75) is 45.4 Å². The summed E-state index contributed by atoms with van der Waals surface area (Å²) >= 11 is -2.17. The number of amidine groups is 1. The molecule has 0 bridgehead atoms. The highest BCUT2D eigenvalue weighted by Crippen LogP contribution is 2.47. The fourth-order valence-corrected chi connectivity index (χ4v) is 4.70. The van der Waals surface area contributed by atoms with Crippen LogP contribution < -0.4 is 10.0 Å². The van der Waals surface area contributed by atoms with Gasteiger partial charge in [0, 0.05) is 23.6 Å². The van der Waals surface area contributed by atoms with Crippen LogP contribution in [0.4, 0.5) is 10.1 Å². The van der Waals surface area contributed by atoms with Gasteiger partial charge in [-0.05, 0) is 73.4 Å². The van der Waals surface area contributed by atoms with Crippen molar-refractivity contribution in [3.05, 3.63) is 53.3 Å². The lowest BCUT2D eigenvalue weighted by atomic mass is 10.00. The van der Waals surface area contributed by atoms with E-state index in [1.165, 1.54) is 16.4 Å². The number of furan rings is 1. The molecule has 0 radical (unpaired) electrons. The zero-order valence-corrected chi connectivity index (χ0v) is 19.0. The lowest BCUT2D eigenvalue weighted by molar-refractivity contribution is 0.539. The van der Waals surface area contributed by atoms with Gasteiger partial charge in [0.15, 0.2) is 0 Å². The van der Waals surface area contributed by atoms with Gasteiger partial charge in [-0.1, -0.05) is 13.8 Å². The predicted octanol–water partition coefficient (Wildman–Crippen LogP) is 5.78. The zero-order valence-electron chi connectivity index (χ0n) is 18.2. The highest BCUT2D eigenvalue weighted by molar-refractivity contribution is 7.80. The second-order valence-electron chi connectivity index (χ2n) is 8.78. The molecule has 1 aliphatic carbocycles. The van der Waals surface area contributed by atoms with E-state index < -0.39 is 11.3 Å². The van der Waals surface area contributed by atoms with E-state index in [0.717, 1.165) is 31.2 Å². The fourth-order valence-electron chi connectivity index (χ4n) is 4.08. The Bertz CT molecular complexity index is 1170. The topological polar surface area (TPSA) is 104 Å². The number of nitrogen functional groups attached to an aromatic ring is 1. The van der Waals surface area contributed by atoms with Crippen molar-refractivity contribution >= 4 is 33.8 Å². The maximum absolute atomic E-state index is 13.4. The van der Waals surface area contributed by atoms with E-state index in [4.69, 9.17) is 15.6 Å². The Morgan fingerprint density at radius 2 is 2.00 bits per heavy atom. The third-order valence-electron chi connectivity index (χ3n) is 5.83. The molecule has 4 N–H and O–H groups in total. The quantitative estimate of drug-likeness (QED) is 0.215. The van der Waals surface area contributed by atoms with Crippen molar-refractivity contribution in [1.29, 1.82) is 5.41 Å². The summed E-state index contributed by atoms with van der Waals surface area (Å²) in [6.45, 7) is 4.72. The molecule has 1 aliphatic rings. The summed E-state index contributed by atoms with van der Waals surface area (Å²) in [6, 6.07) is 9.56. The number of nitrogens with zero attached hydrogens (tertiary/aromatic N) is 1. The first-order valence-electron chi connectivity index (χ1n) is 10.9. The number of fused-ring (bicyclic) bond motifs is 1. The van der Waals surface area contributed by atoms with Gasteiger partial charge >= 0.3 is 0 Å². The Balaban J connectivity index is 1.85. The van der Waals surface area contributed by atoms with E-state index in [-0.39, 0.29) is 11.7 Å². The molecule has 2 aromatic carbocycles. The molecule has 1 aromatic heterocycles. The van der Waals surface area contributed by atoms with Gasteiger partial charge in [0.25, 0.3) is 11.3 Å². The highest BCUT2D eigenvalue weighted by atomic mass is 32.2. The Hall–Kier alpha value is -2.71. The van der Waals surface area contributed by atoms with E-state index in [0.29, 0.717) is 51.9 Å². The van der Waals surface area contributed by atoms with Crippen LogP contribution in [0, 0.1) is 17.1 Å². The van der Waals surface area contributed by atoms with Gasteiger partial charge in [-0.3, -0.25) is 14.3 Å². The number of hydrogen-bond donors (Lipinski definition) is 3. The maximum atomic E-state index is 13.4. The molecule has 170 valence electrons. The maximum Gasteiger partial charge on any atom is 0.261 e. The lowest BCUT2D eigenvalue weighted by Gasteiger charge is -2.23. The SMILES string of the molecule is CC(C)CCCN(c1cc2oc(-c3ccc(F)cc3)c(C(=N)N)c2cc1C1CC1)S(=O)O. The van der Waals surface area contributed by atoms with Crippen LogP contribution in [0.15, 0.2) is 40.8 Å². The molecule has 4 rings (SSSR count). The third kappa shape index (κ3) is 4.56. The average Bonchev–Trinajstić information content (AvgIpc) is 3.50. The summed E-state index contributed by atoms with van der Waals surface area (Å²) in [4.78, 5) is 0. The van der Waals surface area contributed by atoms with Crippen molar-refractivity contribution < 1.29 is 17.6 Å². The van der Waals surface area contributed by atoms with Crippen LogP contribution >= 0.6 is 0 Å². The average molecular weight is 458 g/mol. The number of rotatable bonds is 9. The second-order valence-corrected chi connectivity index (χ2v) is 9.68. The minimum Gasteiger partial charge on any atom is -0.455 e. The Morgan fingerprint density at radius 1 is 1.31 bits per heavy atom. The molecule has 1 atom stereocenters. The van der Waals surface area contributed by atoms with Crippen molar-refractivity contribution in [2.24, 2.45) is 11.7 Å². The summed E-state index contributed by atoms with van der Waals surface area (Å²) in [5, 5.41) is 8.83. The number of benzene rings is 2. The molecule has 0 saturated heterocycles. The molecule has 1 fully saturated rings. The van der Waals surface area contributed by atoms with Crippen LogP contribution in [0.25, 0.3) is 22.3 Å². The predicted molar refractivity (Wildman–Crippen MR) is 127 cm³/mol. The second kappa shape index (κ2) is 9.03. The summed E-state index contributed by atoms with van der Waals surface area (Å²) in [5.41, 5.74) is 9.12. The van der Waals surface area contributed by atoms with Gasteiger partial charge in [-0.25, -0.2) is 8.60 Å². The van der Waals surface area contributed by atoms with E-state index in [1.54, 1.807) is 18.2 Å². The van der Waals surface area contributed by atoms with Crippen LogP contribution in [0.5, 0.6) is 0 Å². The molecule has 0 aliphatic heterocycles. The fraction of sp³-hybridized carbons (Fsp3) is 0.375. The monoisotopic (exact) mass is 457 g/mol. The minimum absolute atomic E-state index is 0.142. The molecule has 3 aromatic rings. The van der Waals surface area contributed by atoms with Crippen LogP contribution in [0.1, 0.15) is 56.6 Å². The van der Waals surface area contributed by atoms with Crippen molar-refractivity contribution in [3.8, 4) is 11.3 Å². The van der Waals surface area contributed by atoms with E-state index in [1.807, 2.05) is 6.07 Å². The highest BCUT2D eigenvalue weighted by Gasteiger charge is 2.31. The van der Waals surface area contributed by atoms with Gasteiger partial charge in [-0.15, -0.1) is 0 Å². The Labute approximate surface area is 189 Å². The van der Waals surface area contributed by atoms with Gasteiger partial charge in [0.2, 0.25) is 0 Å².